The minimum atomic E-state index is 0. The molecule has 0 saturated heterocycles. The molecule has 0 bridgehead atoms. The largest absolute Gasteiger partial charge is 0.356 e. The van der Waals surface area contributed by atoms with E-state index in [-0.39, 0.29) is 30.0 Å². The number of nitrogens with zero attached hydrogens (tertiary/aromatic N) is 3. The summed E-state index contributed by atoms with van der Waals surface area (Å²) in [7, 11) is 3.68. The van der Waals surface area contributed by atoms with Gasteiger partial charge in [-0.2, -0.15) is 5.10 Å². The van der Waals surface area contributed by atoms with E-state index in [1.165, 1.54) is 5.56 Å². The third kappa shape index (κ3) is 7.03. The first-order valence-corrected chi connectivity index (χ1v) is 8.65. The van der Waals surface area contributed by atoms with Crippen molar-refractivity contribution < 1.29 is 0 Å². The zero-order chi connectivity index (χ0) is 17.5. The Hall–Kier alpha value is -0.990. The van der Waals surface area contributed by atoms with Crippen LogP contribution in [0.4, 0.5) is 0 Å². The van der Waals surface area contributed by atoms with Crippen molar-refractivity contribution in [1.82, 2.24) is 20.4 Å². The lowest BCUT2D eigenvalue weighted by molar-refractivity contribution is 0.674. The van der Waals surface area contributed by atoms with E-state index in [0.29, 0.717) is 10.0 Å². The fourth-order valence-electron chi connectivity index (χ4n) is 2.43. The number of hydrogen-bond acceptors (Lipinski definition) is 2. The van der Waals surface area contributed by atoms with Crippen LogP contribution in [0.2, 0.25) is 10.0 Å². The van der Waals surface area contributed by atoms with Crippen LogP contribution < -0.4 is 10.6 Å². The number of benzene rings is 1. The van der Waals surface area contributed by atoms with Crippen LogP contribution >= 0.6 is 47.2 Å². The molecule has 25 heavy (non-hydrogen) atoms. The van der Waals surface area contributed by atoms with E-state index in [1.54, 1.807) is 13.1 Å². The van der Waals surface area contributed by atoms with Crippen LogP contribution in [-0.2, 0) is 13.5 Å². The summed E-state index contributed by atoms with van der Waals surface area (Å²) in [4.78, 5) is 4.26. The Morgan fingerprint density at radius 3 is 2.72 bits per heavy atom. The van der Waals surface area contributed by atoms with Crippen molar-refractivity contribution in [3.8, 4) is 0 Å². The molecule has 0 radical (unpaired) electrons. The molecule has 5 nitrogen and oxygen atoms in total. The summed E-state index contributed by atoms with van der Waals surface area (Å²) in [5.41, 5.74) is 2.22. The van der Waals surface area contributed by atoms with E-state index in [0.717, 1.165) is 30.9 Å². The molecule has 0 aliphatic rings. The topological polar surface area (TPSA) is 54.2 Å². The lowest BCUT2D eigenvalue weighted by atomic mass is 10.1. The highest BCUT2D eigenvalue weighted by Crippen LogP contribution is 2.25. The van der Waals surface area contributed by atoms with Gasteiger partial charge in [0.05, 0.1) is 12.2 Å². The van der Waals surface area contributed by atoms with Gasteiger partial charge in [-0.05, 0) is 43.0 Å². The van der Waals surface area contributed by atoms with Crippen molar-refractivity contribution in [2.75, 3.05) is 13.6 Å². The van der Waals surface area contributed by atoms with Gasteiger partial charge in [0.15, 0.2) is 5.96 Å². The zero-order valence-electron chi connectivity index (χ0n) is 14.6. The van der Waals surface area contributed by atoms with E-state index in [1.807, 2.05) is 43.2 Å². The maximum atomic E-state index is 6.26. The molecule has 0 saturated carbocycles. The zero-order valence-corrected chi connectivity index (χ0v) is 18.4. The molecule has 8 heteroatoms. The van der Waals surface area contributed by atoms with Crippen LogP contribution in [0.5, 0.6) is 0 Å². The molecule has 1 aromatic heterocycles. The summed E-state index contributed by atoms with van der Waals surface area (Å²) in [5.74, 6) is 0.750. The SMILES string of the molecule is CN=C(NCCCc1cnn(C)c1)NC(C)c1ccc(Cl)cc1Cl.I. The number of halogens is 3. The highest BCUT2D eigenvalue weighted by molar-refractivity contribution is 14.0. The number of rotatable bonds is 6. The maximum absolute atomic E-state index is 6.26. The van der Waals surface area contributed by atoms with Gasteiger partial charge >= 0.3 is 0 Å². The Bertz CT molecular complexity index is 702. The molecular formula is C17H24Cl2IN5. The van der Waals surface area contributed by atoms with Crippen molar-refractivity contribution in [2.24, 2.45) is 12.0 Å². The fraction of sp³-hybridized carbons (Fsp3) is 0.412. The Kier molecular flexibility index (Phi) is 9.60. The molecule has 0 aliphatic heterocycles. The number of hydrogen-bond donors (Lipinski definition) is 2. The fourth-order valence-corrected chi connectivity index (χ4v) is 3.00. The van der Waals surface area contributed by atoms with Gasteiger partial charge in [0.2, 0.25) is 0 Å². The molecule has 0 amide bonds. The smallest absolute Gasteiger partial charge is 0.191 e. The molecule has 2 rings (SSSR count). The molecule has 0 aliphatic carbocycles. The summed E-state index contributed by atoms with van der Waals surface area (Å²) < 4.78 is 1.82. The molecule has 1 unspecified atom stereocenters. The van der Waals surface area contributed by atoms with E-state index >= 15 is 0 Å². The van der Waals surface area contributed by atoms with Crippen molar-refractivity contribution in [3.05, 3.63) is 51.8 Å². The molecule has 1 aromatic carbocycles. The minimum absolute atomic E-state index is 0. The molecular weight excluding hydrogens is 472 g/mol. The van der Waals surface area contributed by atoms with Crippen molar-refractivity contribution in [2.45, 2.75) is 25.8 Å². The summed E-state index contributed by atoms with van der Waals surface area (Å²) in [6.45, 7) is 2.87. The Morgan fingerprint density at radius 2 is 2.12 bits per heavy atom. The quantitative estimate of drug-likeness (QED) is 0.273. The first-order valence-electron chi connectivity index (χ1n) is 7.89. The number of guanidine groups is 1. The van der Waals surface area contributed by atoms with Gasteiger partial charge in [0.25, 0.3) is 0 Å². The number of nitrogens with one attached hydrogen (secondary N) is 2. The van der Waals surface area contributed by atoms with Gasteiger partial charge in [0.1, 0.15) is 0 Å². The summed E-state index contributed by atoms with van der Waals surface area (Å²) in [6, 6.07) is 5.54. The van der Waals surface area contributed by atoms with Crippen LogP contribution in [-0.4, -0.2) is 29.3 Å². The van der Waals surface area contributed by atoms with Crippen LogP contribution in [0.15, 0.2) is 35.6 Å². The third-order valence-corrected chi connectivity index (χ3v) is 4.26. The lowest BCUT2D eigenvalue weighted by Crippen LogP contribution is -2.39. The highest BCUT2D eigenvalue weighted by Gasteiger charge is 2.11. The van der Waals surface area contributed by atoms with Gasteiger partial charge < -0.3 is 10.6 Å². The van der Waals surface area contributed by atoms with Crippen LogP contribution in [0.3, 0.4) is 0 Å². The molecule has 1 heterocycles. The van der Waals surface area contributed by atoms with Gasteiger partial charge in [0, 0.05) is 36.9 Å². The molecule has 0 spiro atoms. The molecule has 138 valence electrons. The van der Waals surface area contributed by atoms with Crippen LogP contribution in [0.25, 0.3) is 0 Å². The second-order valence-corrected chi connectivity index (χ2v) is 6.50. The Morgan fingerprint density at radius 1 is 1.36 bits per heavy atom. The third-order valence-electron chi connectivity index (χ3n) is 3.70. The van der Waals surface area contributed by atoms with Gasteiger partial charge in [-0.15, -0.1) is 24.0 Å². The number of aliphatic imine (C=N–C) groups is 1. The summed E-state index contributed by atoms with van der Waals surface area (Å²) in [6.07, 6.45) is 5.92. The van der Waals surface area contributed by atoms with Gasteiger partial charge in [-0.3, -0.25) is 9.67 Å². The average molecular weight is 496 g/mol. The maximum Gasteiger partial charge on any atom is 0.191 e. The number of aromatic nitrogens is 2. The molecule has 2 N–H and O–H groups in total. The van der Waals surface area contributed by atoms with Crippen molar-refractivity contribution >= 4 is 53.1 Å². The Labute approximate surface area is 176 Å². The van der Waals surface area contributed by atoms with Crippen LogP contribution in [0.1, 0.15) is 30.5 Å². The second-order valence-electron chi connectivity index (χ2n) is 5.66. The predicted octanol–water partition coefficient (Wildman–Crippen LogP) is 4.20. The summed E-state index contributed by atoms with van der Waals surface area (Å²) in [5, 5.41) is 12.1. The normalized spacial score (nSPS) is 12.4. The molecule has 1 atom stereocenters. The highest BCUT2D eigenvalue weighted by atomic mass is 127. The van der Waals surface area contributed by atoms with E-state index in [9.17, 15) is 0 Å². The summed E-state index contributed by atoms with van der Waals surface area (Å²) >= 11 is 12.2. The lowest BCUT2D eigenvalue weighted by Gasteiger charge is -2.19. The van der Waals surface area contributed by atoms with Crippen LogP contribution in [0, 0.1) is 0 Å². The van der Waals surface area contributed by atoms with Gasteiger partial charge in [-0.25, -0.2) is 0 Å². The molecule has 2 aromatic rings. The van der Waals surface area contributed by atoms with Gasteiger partial charge in [-0.1, -0.05) is 29.3 Å². The minimum Gasteiger partial charge on any atom is -0.356 e. The predicted molar refractivity (Wildman–Crippen MR) is 116 cm³/mol. The monoisotopic (exact) mass is 495 g/mol. The average Bonchev–Trinajstić information content (AvgIpc) is 2.95. The Balaban J connectivity index is 0.00000312. The molecule has 0 fully saturated rings. The number of aryl methyl sites for hydroxylation is 2. The van der Waals surface area contributed by atoms with Crippen molar-refractivity contribution in [3.63, 3.8) is 0 Å². The first-order chi connectivity index (χ1) is 11.5. The second kappa shape index (κ2) is 10.9. The van der Waals surface area contributed by atoms with E-state index in [2.05, 4.69) is 20.7 Å². The van der Waals surface area contributed by atoms with E-state index < -0.39 is 0 Å². The standard InChI is InChI=1S/C17H23Cl2N5.HI/c1-12(15-7-6-14(18)9-16(15)19)23-17(20-2)21-8-4-5-13-10-22-24(3)11-13;/h6-7,9-12H,4-5,8H2,1-3H3,(H2,20,21,23);1H. The van der Waals surface area contributed by atoms with Crippen molar-refractivity contribution in [1.29, 1.82) is 0 Å². The van der Waals surface area contributed by atoms with E-state index in [4.69, 9.17) is 23.2 Å². The first kappa shape index (κ1) is 22.1.